The standard InChI is InChI=1S/C17H25N3O4S/c1-24-15-7-6-13(17(21)19-8-4-5-14(18)12-19)11-16(15)25(22,23)20-9-2-3-10-20/h6-7,11,14H,2-5,8-10,12,18H2,1H3. The van der Waals surface area contributed by atoms with E-state index in [1.807, 2.05) is 0 Å². The molecule has 1 atom stereocenters. The molecular weight excluding hydrogens is 342 g/mol. The third-order valence-electron chi connectivity index (χ3n) is 4.84. The van der Waals surface area contributed by atoms with Crippen molar-refractivity contribution in [2.45, 2.75) is 36.6 Å². The van der Waals surface area contributed by atoms with E-state index in [0.29, 0.717) is 31.7 Å². The van der Waals surface area contributed by atoms with Gasteiger partial charge in [0.25, 0.3) is 5.91 Å². The molecule has 2 heterocycles. The lowest BCUT2D eigenvalue weighted by molar-refractivity contribution is 0.0708. The van der Waals surface area contributed by atoms with Crippen LogP contribution >= 0.6 is 0 Å². The summed E-state index contributed by atoms with van der Waals surface area (Å²) in [6.45, 7) is 2.15. The number of likely N-dealkylation sites (tertiary alicyclic amines) is 1. The molecule has 8 heteroatoms. The van der Waals surface area contributed by atoms with Crippen molar-refractivity contribution in [3.05, 3.63) is 23.8 Å². The highest BCUT2D eigenvalue weighted by Gasteiger charge is 2.31. The van der Waals surface area contributed by atoms with Gasteiger partial charge in [0, 0.05) is 37.8 Å². The van der Waals surface area contributed by atoms with Crippen molar-refractivity contribution in [3.8, 4) is 5.75 Å². The molecule has 2 aliphatic rings. The van der Waals surface area contributed by atoms with Crippen LogP contribution in [0.5, 0.6) is 5.75 Å². The summed E-state index contributed by atoms with van der Waals surface area (Å²) >= 11 is 0. The van der Waals surface area contributed by atoms with E-state index in [1.165, 1.54) is 17.5 Å². The second-order valence-electron chi connectivity index (χ2n) is 6.63. The number of ether oxygens (including phenoxy) is 1. The lowest BCUT2D eigenvalue weighted by atomic mass is 10.1. The van der Waals surface area contributed by atoms with Crippen LogP contribution in [0.2, 0.25) is 0 Å². The number of hydrogen-bond acceptors (Lipinski definition) is 5. The molecule has 2 N–H and O–H groups in total. The van der Waals surface area contributed by atoms with Crippen LogP contribution in [0, 0.1) is 0 Å². The molecule has 7 nitrogen and oxygen atoms in total. The second-order valence-corrected chi connectivity index (χ2v) is 8.54. The quantitative estimate of drug-likeness (QED) is 0.858. The minimum absolute atomic E-state index is 0.0243. The van der Waals surface area contributed by atoms with Crippen molar-refractivity contribution in [3.63, 3.8) is 0 Å². The van der Waals surface area contributed by atoms with Gasteiger partial charge in [-0.1, -0.05) is 0 Å². The topological polar surface area (TPSA) is 92.9 Å². The molecule has 0 aliphatic carbocycles. The van der Waals surface area contributed by atoms with Crippen LogP contribution in [0.25, 0.3) is 0 Å². The average molecular weight is 367 g/mol. The zero-order valence-corrected chi connectivity index (χ0v) is 15.3. The third-order valence-corrected chi connectivity index (χ3v) is 6.76. The van der Waals surface area contributed by atoms with Gasteiger partial charge >= 0.3 is 0 Å². The Labute approximate surface area is 148 Å². The highest BCUT2D eigenvalue weighted by molar-refractivity contribution is 7.89. The van der Waals surface area contributed by atoms with E-state index in [9.17, 15) is 13.2 Å². The maximum Gasteiger partial charge on any atom is 0.253 e. The van der Waals surface area contributed by atoms with E-state index in [1.54, 1.807) is 17.0 Å². The van der Waals surface area contributed by atoms with Crippen LogP contribution in [0.15, 0.2) is 23.1 Å². The minimum atomic E-state index is -3.67. The summed E-state index contributed by atoms with van der Waals surface area (Å²) in [5, 5.41) is 0. The molecule has 2 aliphatic heterocycles. The molecule has 1 amide bonds. The summed E-state index contributed by atoms with van der Waals surface area (Å²) in [7, 11) is -2.23. The van der Waals surface area contributed by atoms with Gasteiger partial charge in [-0.05, 0) is 43.9 Å². The van der Waals surface area contributed by atoms with Gasteiger partial charge in [0.2, 0.25) is 10.0 Å². The fraction of sp³-hybridized carbons (Fsp3) is 0.588. The first-order valence-electron chi connectivity index (χ1n) is 8.66. The number of nitrogens with two attached hydrogens (primary N) is 1. The average Bonchev–Trinajstić information content (AvgIpc) is 3.16. The molecule has 0 spiro atoms. The molecule has 3 rings (SSSR count). The van der Waals surface area contributed by atoms with E-state index < -0.39 is 10.0 Å². The fourth-order valence-corrected chi connectivity index (χ4v) is 5.15. The van der Waals surface area contributed by atoms with E-state index in [0.717, 1.165) is 25.7 Å². The van der Waals surface area contributed by atoms with Gasteiger partial charge in [-0.2, -0.15) is 4.31 Å². The Bertz CT molecular complexity index is 744. The summed E-state index contributed by atoms with van der Waals surface area (Å²) in [5.74, 6) is 0.0782. The number of nitrogens with zero attached hydrogens (tertiary/aromatic N) is 2. The van der Waals surface area contributed by atoms with E-state index in [4.69, 9.17) is 10.5 Å². The minimum Gasteiger partial charge on any atom is -0.495 e. The van der Waals surface area contributed by atoms with Crippen molar-refractivity contribution in [2.75, 3.05) is 33.3 Å². The van der Waals surface area contributed by atoms with Crippen molar-refractivity contribution in [1.29, 1.82) is 0 Å². The van der Waals surface area contributed by atoms with Crippen molar-refractivity contribution < 1.29 is 17.9 Å². The first-order chi connectivity index (χ1) is 11.9. The summed E-state index contributed by atoms with van der Waals surface area (Å²) in [6, 6.07) is 4.59. The first kappa shape index (κ1) is 18.2. The molecule has 25 heavy (non-hydrogen) atoms. The highest BCUT2D eigenvalue weighted by atomic mass is 32.2. The number of methoxy groups -OCH3 is 1. The number of amides is 1. The number of carbonyl (C=O) groups is 1. The highest BCUT2D eigenvalue weighted by Crippen LogP contribution is 2.30. The number of carbonyl (C=O) groups excluding carboxylic acids is 1. The zero-order valence-electron chi connectivity index (χ0n) is 14.5. The number of piperidine rings is 1. The van der Waals surface area contributed by atoms with Crippen molar-refractivity contribution in [2.24, 2.45) is 5.73 Å². The molecule has 1 unspecified atom stereocenters. The van der Waals surface area contributed by atoms with Crippen LogP contribution in [0.4, 0.5) is 0 Å². The Kier molecular flexibility index (Phi) is 5.31. The van der Waals surface area contributed by atoms with E-state index >= 15 is 0 Å². The van der Waals surface area contributed by atoms with Crippen molar-refractivity contribution >= 4 is 15.9 Å². The molecule has 138 valence electrons. The molecule has 2 fully saturated rings. The SMILES string of the molecule is COc1ccc(C(=O)N2CCCC(N)C2)cc1S(=O)(=O)N1CCCC1. The van der Waals surface area contributed by atoms with Gasteiger partial charge in [0.15, 0.2) is 0 Å². The molecule has 0 aromatic heterocycles. The van der Waals surface area contributed by atoms with Crippen LogP contribution in [0.3, 0.4) is 0 Å². The number of sulfonamides is 1. The maximum absolute atomic E-state index is 12.9. The lowest BCUT2D eigenvalue weighted by Gasteiger charge is -2.31. The molecule has 2 saturated heterocycles. The Morgan fingerprint density at radius 2 is 1.92 bits per heavy atom. The predicted octanol–water partition coefficient (Wildman–Crippen LogP) is 1.04. The molecule has 0 bridgehead atoms. The smallest absolute Gasteiger partial charge is 0.253 e. The van der Waals surface area contributed by atoms with Crippen LogP contribution in [0.1, 0.15) is 36.0 Å². The predicted molar refractivity (Wildman–Crippen MR) is 94.1 cm³/mol. The number of hydrogen-bond donors (Lipinski definition) is 1. The summed E-state index contributed by atoms with van der Waals surface area (Å²) < 4.78 is 32.5. The third kappa shape index (κ3) is 3.65. The van der Waals surface area contributed by atoms with Crippen LogP contribution < -0.4 is 10.5 Å². The molecule has 1 aromatic rings. The summed E-state index contributed by atoms with van der Waals surface area (Å²) in [5.41, 5.74) is 6.31. The largest absolute Gasteiger partial charge is 0.495 e. The number of benzene rings is 1. The second kappa shape index (κ2) is 7.31. The van der Waals surface area contributed by atoms with Crippen LogP contribution in [-0.4, -0.2) is 62.9 Å². The van der Waals surface area contributed by atoms with E-state index in [2.05, 4.69) is 0 Å². The molecular formula is C17H25N3O4S. The van der Waals surface area contributed by atoms with Gasteiger partial charge < -0.3 is 15.4 Å². The van der Waals surface area contributed by atoms with Crippen molar-refractivity contribution in [1.82, 2.24) is 9.21 Å². The molecule has 0 saturated carbocycles. The Hall–Kier alpha value is -1.64. The van der Waals surface area contributed by atoms with Gasteiger partial charge in [-0.25, -0.2) is 8.42 Å². The summed E-state index contributed by atoms with van der Waals surface area (Å²) in [4.78, 5) is 14.5. The van der Waals surface area contributed by atoms with Crippen LogP contribution in [-0.2, 0) is 10.0 Å². The molecule has 0 radical (unpaired) electrons. The number of rotatable bonds is 4. The Morgan fingerprint density at radius 1 is 1.20 bits per heavy atom. The Morgan fingerprint density at radius 3 is 2.56 bits per heavy atom. The van der Waals surface area contributed by atoms with E-state index in [-0.39, 0.29) is 22.6 Å². The normalized spacial score (nSPS) is 22.2. The zero-order chi connectivity index (χ0) is 18.0. The molecule has 1 aromatic carbocycles. The monoisotopic (exact) mass is 367 g/mol. The van der Waals surface area contributed by atoms with Gasteiger partial charge in [-0.15, -0.1) is 0 Å². The maximum atomic E-state index is 12.9. The van der Waals surface area contributed by atoms with Gasteiger partial charge in [0.1, 0.15) is 10.6 Å². The first-order valence-corrected chi connectivity index (χ1v) is 10.1. The van der Waals surface area contributed by atoms with Gasteiger partial charge in [-0.3, -0.25) is 4.79 Å². The van der Waals surface area contributed by atoms with Gasteiger partial charge in [0.05, 0.1) is 7.11 Å². The summed E-state index contributed by atoms with van der Waals surface area (Å²) in [6.07, 6.45) is 3.47. The Balaban J connectivity index is 1.93. The lowest BCUT2D eigenvalue weighted by Crippen LogP contribution is -2.45. The fourth-order valence-electron chi connectivity index (χ4n) is 3.46.